The van der Waals surface area contributed by atoms with Gasteiger partial charge >= 0.3 is 13.5 Å². The maximum Gasteiger partial charge on any atom is 0.342 e. The number of imidazole rings is 1. The number of hydrogen-bond acceptors (Lipinski definition) is 10. The van der Waals surface area contributed by atoms with Gasteiger partial charge in [-0.25, -0.2) is 29.2 Å². The van der Waals surface area contributed by atoms with Gasteiger partial charge in [0.1, 0.15) is 18.1 Å². The van der Waals surface area contributed by atoms with E-state index in [1.807, 2.05) is 54.6 Å². The molecular weight excluding hydrogens is 729 g/mol. The summed E-state index contributed by atoms with van der Waals surface area (Å²) in [6.07, 6.45) is 0.777. The number of hydrogen-bond donors (Lipinski definition) is 1. The number of benzene rings is 4. The lowest BCUT2D eigenvalue weighted by atomic mass is 10.3. The molecule has 0 saturated heterocycles. The minimum absolute atomic E-state index is 0.144. The molecule has 276 valence electrons. The highest BCUT2D eigenvalue weighted by Crippen LogP contribution is 2.50. The van der Waals surface area contributed by atoms with Gasteiger partial charge in [0.2, 0.25) is 0 Å². The summed E-state index contributed by atoms with van der Waals surface area (Å²) in [5, 5.41) is 5.75. The quantitative estimate of drug-likeness (QED) is 0.0900. The first-order valence-electron chi connectivity index (χ1n) is 17.2. The van der Waals surface area contributed by atoms with Crippen LogP contribution in [0.15, 0.2) is 151 Å². The molecule has 15 heteroatoms. The molecule has 0 amide bonds. The highest BCUT2D eigenvalue weighted by atomic mass is 31.2. The van der Waals surface area contributed by atoms with Crippen LogP contribution in [0, 0.1) is 0 Å². The zero-order chi connectivity index (χ0) is 37.5. The Morgan fingerprint density at radius 2 is 1.46 bits per heavy atom. The van der Waals surface area contributed by atoms with E-state index in [-0.39, 0.29) is 18.0 Å². The molecule has 1 N–H and O–H groups in total. The molecule has 6 aromatic rings. The van der Waals surface area contributed by atoms with Crippen molar-refractivity contribution in [2.24, 2.45) is 4.74 Å². The van der Waals surface area contributed by atoms with Gasteiger partial charge in [-0.1, -0.05) is 109 Å². The Labute approximate surface area is 311 Å². The smallest absolute Gasteiger partial charge is 0.342 e. The number of aromatic nitrogens is 4. The summed E-state index contributed by atoms with van der Waals surface area (Å²) < 4.78 is 59.2. The predicted octanol–water partition coefficient (Wildman–Crippen LogP) is 7.13. The second-order valence-electron chi connectivity index (χ2n) is 12.1. The van der Waals surface area contributed by atoms with E-state index in [9.17, 15) is 9.36 Å². The fourth-order valence-corrected chi connectivity index (χ4v) is 11.2. The first-order chi connectivity index (χ1) is 26.3. The lowest BCUT2D eigenvalue weighted by Gasteiger charge is -2.26. The molecule has 1 aliphatic rings. The molecule has 2 aromatic heterocycles. The lowest BCUT2D eigenvalue weighted by Crippen LogP contribution is -2.36. The molecule has 12 nitrogen and oxygen atoms in total. The summed E-state index contributed by atoms with van der Waals surface area (Å²) in [4.78, 5) is 26.0. The van der Waals surface area contributed by atoms with Crippen LogP contribution in [0.2, 0.25) is 0 Å². The predicted molar refractivity (Wildman–Crippen MR) is 206 cm³/mol. The van der Waals surface area contributed by atoms with Crippen molar-refractivity contribution in [3.8, 4) is 5.75 Å². The van der Waals surface area contributed by atoms with Crippen LogP contribution < -0.4 is 25.5 Å². The van der Waals surface area contributed by atoms with E-state index in [0.717, 1.165) is 22.0 Å². The molecule has 2 unspecified atom stereocenters. The van der Waals surface area contributed by atoms with Gasteiger partial charge < -0.3 is 18.7 Å². The van der Waals surface area contributed by atoms with Crippen molar-refractivity contribution in [3.63, 3.8) is 0 Å². The van der Waals surface area contributed by atoms with Gasteiger partial charge in [-0.2, -0.15) is 0 Å². The molecule has 0 saturated carbocycles. The number of halogens is 1. The highest BCUT2D eigenvalue weighted by Gasteiger charge is 2.36. The van der Waals surface area contributed by atoms with E-state index in [1.54, 1.807) is 37.3 Å². The number of ether oxygens (including phenoxy) is 3. The number of rotatable bonds is 14. The molecule has 0 radical (unpaired) electrons. The summed E-state index contributed by atoms with van der Waals surface area (Å²) in [6.45, 7) is 3.31. The summed E-state index contributed by atoms with van der Waals surface area (Å²) in [5.41, 5.74) is 0.636. The van der Waals surface area contributed by atoms with Crippen LogP contribution in [0.5, 0.6) is 5.75 Å². The Morgan fingerprint density at radius 3 is 2.04 bits per heavy atom. The average Bonchev–Trinajstić information content (AvgIpc) is 3.81. The zero-order valence-corrected chi connectivity index (χ0v) is 31.2. The number of nitrogens with one attached hydrogen (secondary N) is 1. The molecule has 3 heterocycles. The van der Waals surface area contributed by atoms with Crippen molar-refractivity contribution in [3.05, 3.63) is 146 Å². The van der Waals surface area contributed by atoms with Gasteiger partial charge in [0, 0.05) is 22.0 Å². The average molecular weight is 767 g/mol. The SMILES string of the molecule is CCOC(=O)C(C)NP(=O)(CO[C@@H]1C=C(F)[C@H](n2cnc3c(N=P(c4ccccc4)(c4ccccc4)c4ccccc4)ncnc32)O1)Oc1ccccc1. The molecule has 0 spiro atoms. The molecule has 0 aliphatic carbocycles. The molecule has 0 fully saturated rings. The number of nitrogens with zero attached hydrogens (tertiary/aromatic N) is 5. The largest absolute Gasteiger partial charge is 0.465 e. The Bertz CT molecular complexity index is 2250. The van der Waals surface area contributed by atoms with Crippen molar-refractivity contribution in [2.75, 3.05) is 13.0 Å². The van der Waals surface area contributed by atoms with Crippen LogP contribution >= 0.6 is 14.6 Å². The summed E-state index contributed by atoms with van der Waals surface area (Å²) in [6, 6.07) is 37.7. The molecule has 7 rings (SSSR count). The van der Waals surface area contributed by atoms with E-state index in [4.69, 9.17) is 23.5 Å². The topological polar surface area (TPSA) is 139 Å². The second kappa shape index (κ2) is 16.4. The van der Waals surface area contributed by atoms with Crippen LogP contribution in [0.4, 0.5) is 10.2 Å². The third-order valence-electron chi connectivity index (χ3n) is 8.46. The van der Waals surface area contributed by atoms with Crippen LogP contribution in [0.1, 0.15) is 20.1 Å². The van der Waals surface area contributed by atoms with E-state index in [2.05, 4.69) is 56.4 Å². The van der Waals surface area contributed by atoms with Gasteiger partial charge in [-0.3, -0.25) is 13.9 Å². The molecule has 0 bridgehead atoms. The lowest BCUT2D eigenvalue weighted by molar-refractivity contribution is -0.144. The standard InChI is InChI=1S/C39H37FN6O6P2/c1-3-49-39(47)28(2)44-53(48,52-29-16-8-4-9-17-29)27-50-34-24-33(40)38(51-34)46-26-43-35-36(41-25-42-37(35)46)45-54(30-18-10-5-11-19-30,31-20-12-6-13-21-31)32-22-14-7-15-23-32/h4-26,28,34,38H,3,27H2,1-2H3,(H,44,48)/t28?,34-,38+,53?/m0/s1. The minimum Gasteiger partial charge on any atom is -0.465 e. The van der Waals surface area contributed by atoms with Gasteiger partial charge in [0.25, 0.3) is 0 Å². The monoisotopic (exact) mass is 766 g/mol. The maximum atomic E-state index is 15.7. The fraction of sp³-hybridized carbons (Fsp3) is 0.179. The van der Waals surface area contributed by atoms with Gasteiger partial charge in [0.05, 0.1) is 20.0 Å². The number of esters is 1. The molecule has 4 aromatic carbocycles. The minimum atomic E-state index is -3.92. The van der Waals surface area contributed by atoms with Crippen molar-refractivity contribution in [1.29, 1.82) is 0 Å². The van der Waals surface area contributed by atoms with E-state index < -0.39 is 51.3 Å². The summed E-state index contributed by atoms with van der Waals surface area (Å²) in [7, 11) is -6.64. The fourth-order valence-electron chi connectivity index (χ4n) is 6.04. The van der Waals surface area contributed by atoms with Crippen LogP contribution in [0.3, 0.4) is 0 Å². The van der Waals surface area contributed by atoms with Crippen LogP contribution in [-0.2, 0) is 23.6 Å². The van der Waals surface area contributed by atoms with E-state index >= 15 is 4.39 Å². The van der Waals surface area contributed by atoms with Crippen molar-refractivity contribution >= 4 is 53.4 Å². The number of carbonyl (C=O) groups excluding carboxylic acids is 1. The van der Waals surface area contributed by atoms with Crippen LogP contribution in [-0.4, -0.2) is 50.8 Å². The van der Waals surface area contributed by atoms with Crippen molar-refractivity contribution < 1.29 is 32.5 Å². The first-order valence-corrected chi connectivity index (χ1v) is 20.7. The third-order valence-corrected chi connectivity index (χ3v) is 13.9. The van der Waals surface area contributed by atoms with Gasteiger partial charge in [-0.05, 0) is 26.0 Å². The van der Waals surface area contributed by atoms with Crippen LogP contribution in [0.25, 0.3) is 11.2 Å². The Kier molecular flexibility index (Phi) is 11.2. The van der Waals surface area contributed by atoms with E-state index in [0.29, 0.717) is 11.3 Å². The second-order valence-corrected chi connectivity index (χ2v) is 17.2. The highest BCUT2D eigenvalue weighted by molar-refractivity contribution is 7.87. The summed E-state index contributed by atoms with van der Waals surface area (Å²) >= 11 is 0. The van der Waals surface area contributed by atoms with Gasteiger partial charge in [-0.15, -0.1) is 0 Å². The zero-order valence-electron chi connectivity index (χ0n) is 29.4. The third kappa shape index (κ3) is 7.82. The molecular formula is C39H37FN6O6P2. The number of carbonyl (C=O) groups is 1. The number of fused-ring (bicyclic) bond motifs is 1. The molecule has 4 atom stereocenters. The Balaban J connectivity index is 1.20. The van der Waals surface area contributed by atoms with Crippen molar-refractivity contribution in [1.82, 2.24) is 24.6 Å². The molecule has 54 heavy (non-hydrogen) atoms. The number of para-hydroxylation sites is 1. The maximum absolute atomic E-state index is 15.7. The van der Waals surface area contributed by atoms with Gasteiger partial charge in [0.15, 0.2) is 41.7 Å². The summed E-state index contributed by atoms with van der Waals surface area (Å²) in [5.74, 6) is -0.681. The van der Waals surface area contributed by atoms with Crippen molar-refractivity contribution in [2.45, 2.75) is 32.4 Å². The first kappa shape index (κ1) is 37.0. The normalized spacial score (nSPS) is 17.4. The Morgan fingerprint density at radius 1 is 0.889 bits per heavy atom. The van der Waals surface area contributed by atoms with E-state index in [1.165, 1.54) is 24.1 Å². The Hall–Kier alpha value is -5.29. The molecule has 1 aliphatic heterocycles.